The predicted molar refractivity (Wildman–Crippen MR) is 67.0 cm³/mol. The minimum Gasteiger partial charge on any atom is -0.495 e. The molecule has 1 saturated heterocycles. The zero-order valence-electron chi connectivity index (χ0n) is 9.55. The molecule has 88 valence electrons. The van der Waals surface area contributed by atoms with Crippen LogP contribution < -0.4 is 10.1 Å². The molecule has 1 heterocycles. The molecule has 3 nitrogen and oxygen atoms in total. The smallest absolute Gasteiger partial charge is 0.138 e. The Hall–Kier alpha value is -0.580. The highest BCUT2D eigenvalue weighted by Crippen LogP contribution is 2.35. The molecule has 0 bridgehead atoms. The van der Waals surface area contributed by atoms with Gasteiger partial charge in [0.05, 0.1) is 24.3 Å². The molecule has 0 aliphatic carbocycles. The van der Waals surface area contributed by atoms with E-state index in [2.05, 4.69) is 40.3 Å². The van der Waals surface area contributed by atoms with E-state index in [1.807, 2.05) is 0 Å². The molecule has 1 aliphatic heterocycles. The zero-order valence-corrected chi connectivity index (χ0v) is 11.1. The number of morpholine rings is 1. The lowest BCUT2D eigenvalue weighted by molar-refractivity contribution is 0.0262. The fourth-order valence-corrected chi connectivity index (χ4v) is 2.73. The van der Waals surface area contributed by atoms with E-state index in [4.69, 9.17) is 9.47 Å². The van der Waals surface area contributed by atoms with Crippen LogP contribution in [-0.4, -0.2) is 26.8 Å². The SMILES string of the molecule is COc1c(Br)cc(C)cc1C1CNCCO1. The molecule has 1 aromatic carbocycles. The lowest BCUT2D eigenvalue weighted by Gasteiger charge is -2.26. The van der Waals surface area contributed by atoms with Crippen molar-refractivity contribution in [2.75, 3.05) is 26.8 Å². The Balaban J connectivity index is 2.36. The van der Waals surface area contributed by atoms with Crippen molar-refractivity contribution in [1.29, 1.82) is 0 Å². The maximum atomic E-state index is 5.75. The van der Waals surface area contributed by atoms with Crippen LogP contribution in [0.15, 0.2) is 16.6 Å². The molecule has 1 aromatic rings. The Morgan fingerprint density at radius 3 is 2.94 bits per heavy atom. The summed E-state index contributed by atoms with van der Waals surface area (Å²) in [5, 5.41) is 3.33. The first kappa shape index (κ1) is 11.9. The number of aryl methyl sites for hydroxylation is 1. The van der Waals surface area contributed by atoms with Gasteiger partial charge in [0.15, 0.2) is 0 Å². The van der Waals surface area contributed by atoms with Gasteiger partial charge < -0.3 is 14.8 Å². The van der Waals surface area contributed by atoms with E-state index in [-0.39, 0.29) is 6.10 Å². The number of halogens is 1. The Labute approximate surface area is 104 Å². The van der Waals surface area contributed by atoms with Crippen LogP contribution in [0.1, 0.15) is 17.2 Å². The van der Waals surface area contributed by atoms with Gasteiger partial charge in [-0.05, 0) is 40.5 Å². The van der Waals surface area contributed by atoms with Crippen LogP contribution in [0.2, 0.25) is 0 Å². The first-order chi connectivity index (χ1) is 7.72. The number of nitrogens with one attached hydrogen (secondary N) is 1. The highest BCUT2D eigenvalue weighted by Gasteiger charge is 2.21. The third kappa shape index (κ3) is 2.39. The van der Waals surface area contributed by atoms with Crippen molar-refractivity contribution in [1.82, 2.24) is 5.32 Å². The van der Waals surface area contributed by atoms with Gasteiger partial charge in [0.2, 0.25) is 0 Å². The molecule has 2 rings (SSSR count). The molecule has 1 atom stereocenters. The van der Waals surface area contributed by atoms with Crippen LogP contribution in [0.3, 0.4) is 0 Å². The summed E-state index contributed by atoms with van der Waals surface area (Å²) in [4.78, 5) is 0. The average molecular weight is 286 g/mol. The van der Waals surface area contributed by atoms with Gasteiger partial charge in [-0.15, -0.1) is 0 Å². The molecule has 1 N–H and O–H groups in total. The number of benzene rings is 1. The summed E-state index contributed by atoms with van der Waals surface area (Å²) in [5.74, 6) is 0.874. The number of methoxy groups -OCH3 is 1. The van der Waals surface area contributed by atoms with Crippen LogP contribution in [0, 0.1) is 6.92 Å². The van der Waals surface area contributed by atoms with E-state index >= 15 is 0 Å². The predicted octanol–water partition coefficient (Wildman–Crippen LogP) is 2.43. The molecular weight excluding hydrogens is 270 g/mol. The second-order valence-corrected chi connectivity index (χ2v) is 4.79. The van der Waals surface area contributed by atoms with Crippen LogP contribution in [0.5, 0.6) is 5.75 Å². The largest absolute Gasteiger partial charge is 0.495 e. The summed E-state index contributed by atoms with van der Waals surface area (Å²) < 4.78 is 12.2. The van der Waals surface area contributed by atoms with E-state index in [0.29, 0.717) is 0 Å². The summed E-state index contributed by atoms with van der Waals surface area (Å²) in [6, 6.07) is 4.18. The number of ether oxygens (including phenoxy) is 2. The van der Waals surface area contributed by atoms with Crippen LogP contribution in [-0.2, 0) is 4.74 Å². The molecule has 1 unspecified atom stereocenters. The Bertz CT molecular complexity index is 376. The van der Waals surface area contributed by atoms with Gasteiger partial charge in [-0.3, -0.25) is 0 Å². The molecular formula is C12H16BrNO2. The third-order valence-corrected chi connectivity index (χ3v) is 3.28. The Morgan fingerprint density at radius 1 is 1.50 bits per heavy atom. The molecule has 0 aromatic heterocycles. The number of hydrogen-bond acceptors (Lipinski definition) is 3. The van der Waals surface area contributed by atoms with Crippen molar-refractivity contribution in [2.24, 2.45) is 0 Å². The molecule has 0 amide bonds. The highest BCUT2D eigenvalue weighted by atomic mass is 79.9. The first-order valence-electron chi connectivity index (χ1n) is 5.38. The standard InChI is InChI=1S/C12H16BrNO2/c1-8-5-9(11-7-14-3-4-16-11)12(15-2)10(13)6-8/h5-6,11,14H,3-4,7H2,1-2H3. The van der Waals surface area contributed by atoms with Crippen LogP contribution in [0.25, 0.3) is 0 Å². The molecule has 1 fully saturated rings. The second kappa shape index (κ2) is 5.17. The molecule has 4 heteroatoms. The van der Waals surface area contributed by atoms with E-state index in [1.54, 1.807) is 7.11 Å². The monoisotopic (exact) mass is 285 g/mol. The van der Waals surface area contributed by atoms with Gasteiger partial charge in [0, 0.05) is 18.7 Å². The Morgan fingerprint density at radius 2 is 2.31 bits per heavy atom. The lowest BCUT2D eigenvalue weighted by Crippen LogP contribution is -2.33. The van der Waals surface area contributed by atoms with Crippen molar-refractivity contribution < 1.29 is 9.47 Å². The summed E-state index contributed by atoms with van der Waals surface area (Å²) in [6.45, 7) is 4.58. The fraction of sp³-hybridized carbons (Fsp3) is 0.500. The fourth-order valence-electron chi connectivity index (χ4n) is 1.98. The van der Waals surface area contributed by atoms with Crippen molar-refractivity contribution in [2.45, 2.75) is 13.0 Å². The van der Waals surface area contributed by atoms with E-state index in [1.165, 1.54) is 5.56 Å². The highest BCUT2D eigenvalue weighted by molar-refractivity contribution is 9.10. The summed E-state index contributed by atoms with van der Waals surface area (Å²) >= 11 is 3.52. The quantitative estimate of drug-likeness (QED) is 0.905. The number of hydrogen-bond donors (Lipinski definition) is 1. The van der Waals surface area contributed by atoms with Crippen molar-refractivity contribution in [3.05, 3.63) is 27.7 Å². The van der Waals surface area contributed by atoms with Crippen molar-refractivity contribution in [3.63, 3.8) is 0 Å². The number of rotatable bonds is 2. The third-order valence-electron chi connectivity index (χ3n) is 2.70. The van der Waals surface area contributed by atoms with Gasteiger partial charge in [0.25, 0.3) is 0 Å². The minimum atomic E-state index is 0.0832. The van der Waals surface area contributed by atoms with E-state index in [0.717, 1.165) is 35.5 Å². The first-order valence-corrected chi connectivity index (χ1v) is 6.18. The average Bonchev–Trinajstić information content (AvgIpc) is 2.29. The molecule has 0 saturated carbocycles. The van der Waals surface area contributed by atoms with Gasteiger partial charge in [-0.25, -0.2) is 0 Å². The maximum absolute atomic E-state index is 5.75. The second-order valence-electron chi connectivity index (χ2n) is 3.93. The molecule has 16 heavy (non-hydrogen) atoms. The summed E-state index contributed by atoms with van der Waals surface area (Å²) in [5.41, 5.74) is 2.32. The lowest BCUT2D eigenvalue weighted by atomic mass is 10.0. The van der Waals surface area contributed by atoms with Crippen molar-refractivity contribution in [3.8, 4) is 5.75 Å². The van der Waals surface area contributed by atoms with Gasteiger partial charge in [0.1, 0.15) is 5.75 Å². The van der Waals surface area contributed by atoms with Crippen LogP contribution >= 0.6 is 15.9 Å². The topological polar surface area (TPSA) is 30.5 Å². The maximum Gasteiger partial charge on any atom is 0.138 e. The van der Waals surface area contributed by atoms with E-state index < -0.39 is 0 Å². The zero-order chi connectivity index (χ0) is 11.5. The molecule has 0 radical (unpaired) electrons. The van der Waals surface area contributed by atoms with E-state index in [9.17, 15) is 0 Å². The van der Waals surface area contributed by atoms with Crippen LogP contribution in [0.4, 0.5) is 0 Å². The Kier molecular flexibility index (Phi) is 3.84. The molecule has 0 spiro atoms. The van der Waals surface area contributed by atoms with Crippen molar-refractivity contribution >= 4 is 15.9 Å². The van der Waals surface area contributed by atoms with Gasteiger partial charge in [-0.2, -0.15) is 0 Å². The molecule has 1 aliphatic rings. The van der Waals surface area contributed by atoms with Gasteiger partial charge in [-0.1, -0.05) is 0 Å². The van der Waals surface area contributed by atoms with Gasteiger partial charge >= 0.3 is 0 Å². The normalized spacial score (nSPS) is 20.8. The minimum absolute atomic E-state index is 0.0832. The summed E-state index contributed by atoms with van der Waals surface area (Å²) in [7, 11) is 1.69. The summed E-state index contributed by atoms with van der Waals surface area (Å²) in [6.07, 6.45) is 0.0832.